The van der Waals surface area contributed by atoms with Crippen LogP contribution in [0.15, 0.2) is 11.1 Å². The van der Waals surface area contributed by atoms with Gasteiger partial charge >= 0.3 is 5.97 Å². The van der Waals surface area contributed by atoms with Gasteiger partial charge < -0.3 is 10.4 Å². The van der Waals surface area contributed by atoms with Crippen molar-refractivity contribution >= 4 is 5.97 Å². The van der Waals surface area contributed by atoms with Crippen LogP contribution in [0.1, 0.15) is 25.7 Å². The molecule has 0 spiro atoms. The van der Waals surface area contributed by atoms with Crippen molar-refractivity contribution in [3.63, 3.8) is 0 Å². The highest BCUT2D eigenvalue weighted by molar-refractivity contribution is 5.88. The molecule has 0 amide bonds. The van der Waals surface area contributed by atoms with Crippen LogP contribution in [0.5, 0.6) is 0 Å². The number of hydrogen-bond acceptors (Lipinski definition) is 2. The summed E-state index contributed by atoms with van der Waals surface area (Å²) in [6, 6.07) is 0. The summed E-state index contributed by atoms with van der Waals surface area (Å²) in [6.07, 6.45) is 4.61. The number of hydrogen-bond donors (Lipinski definition) is 2. The maximum Gasteiger partial charge on any atom is 0.332 e. The van der Waals surface area contributed by atoms with Crippen LogP contribution >= 0.6 is 0 Å². The molecule has 3 nitrogen and oxygen atoms in total. The number of carbonyl (C=O) groups is 1. The molecule has 2 rings (SSSR count). The van der Waals surface area contributed by atoms with Gasteiger partial charge in [-0.15, -0.1) is 0 Å². The number of carboxylic acid groups (broad SMARTS) is 1. The Bertz CT molecular complexity index is 254. The van der Waals surface area contributed by atoms with Gasteiger partial charge in [0.25, 0.3) is 0 Å². The van der Waals surface area contributed by atoms with Gasteiger partial charge in [-0.3, -0.25) is 0 Å². The van der Waals surface area contributed by atoms with Crippen LogP contribution in [-0.4, -0.2) is 24.2 Å². The minimum absolute atomic E-state index is 0.557. The SMILES string of the molecule is O=C(O)C1=C(C2CCC2)CCNC1. The second-order valence-corrected chi connectivity index (χ2v) is 3.86. The summed E-state index contributed by atoms with van der Waals surface area (Å²) in [5, 5.41) is 12.1. The maximum absolute atomic E-state index is 10.9. The average Bonchev–Trinajstić information content (AvgIpc) is 2.02. The normalized spacial score (nSPS) is 24.3. The quantitative estimate of drug-likeness (QED) is 0.672. The van der Waals surface area contributed by atoms with E-state index in [1.807, 2.05) is 0 Å². The van der Waals surface area contributed by atoms with E-state index in [2.05, 4.69) is 5.32 Å². The number of aliphatic carboxylic acids is 1. The fourth-order valence-corrected chi connectivity index (χ4v) is 2.12. The standard InChI is InChI=1S/C10H15NO2/c12-10(13)9-6-11-5-4-8(9)7-2-1-3-7/h7,11H,1-6H2,(H,12,13). The minimum atomic E-state index is -0.728. The molecule has 0 aromatic rings. The van der Waals surface area contributed by atoms with E-state index in [0.29, 0.717) is 18.0 Å². The lowest BCUT2D eigenvalue weighted by molar-refractivity contribution is -0.132. The lowest BCUT2D eigenvalue weighted by Crippen LogP contribution is -2.32. The summed E-state index contributed by atoms with van der Waals surface area (Å²) >= 11 is 0. The summed E-state index contributed by atoms with van der Waals surface area (Å²) in [4.78, 5) is 10.9. The van der Waals surface area contributed by atoms with E-state index in [9.17, 15) is 4.79 Å². The Morgan fingerprint density at radius 2 is 2.23 bits per heavy atom. The topological polar surface area (TPSA) is 49.3 Å². The lowest BCUT2D eigenvalue weighted by atomic mass is 9.76. The highest BCUT2D eigenvalue weighted by atomic mass is 16.4. The summed E-state index contributed by atoms with van der Waals surface area (Å²) in [5.41, 5.74) is 1.86. The predicted octanol–water partition coefficient (Wildman–Crippen LogP) is 1.16. The highest BCUT2D eigenvalue weighted by Crippen LogP contribution is 2.37. The fraction of sp³-hybridized carbons (Fsp3) is 0.700. The molecular weight excluding hydrogens is 166 g/mol. The van der Waals surface area contributed by atoms with E-state index in [4.69, 9.17) is 5.11 Å². The molecule has 2 N–H and O–H groups in total. The van der Waals surface area contributed by atoms with E-state index in [-0.39, 0.29) is 0 Å². The van der Waals surface area contributed by atoms with Crippen molar-refractivity contribution in [3.05, 3.63) is 11.1 Å². The maximum atomic E-state index is 10.9. The van der Waals surface area contributed by atoms with Crippen molar-refractivity contribution in [2.45, 2.75) is 25.7 Å². The van der Waals surface area contributed by atoms with Gasteiger partial charge in [0.05, 0.1) is 5.57 Å². The average molecular weight is 181 g/mol. The summed E-state index contributed by atoms with van der Waals surface area (Å²) in [7, 11) is 0. The number of nitrogens with one attached hydrogen (secondary N) is 1. The molecule has 3 heteroatoms. The first kappa shape index (κ1) is 8.75. The number of carboxylic acids is 1. The van der Waals surface area contributed by atoms with Crippen LogP contribution < -0.4 is 5.32 Å². The monoisotopic (exact) mass is 181 g/mol. The third kappa shape index (κ3) is 1.61. The summed E-state index contributed by atoms with van der Waals surface area (Å²) in [6.45, 7) is 1.50. The molecule has 2 aliphatic rings. The second kappa shape index (κ2) is 3.50. The van der Waals surface area contributed by atoms with Gasteiger partial charge in [-0.1, -0.05) is 12.0 Å². The fourth-order valence-electron chi connectivity index (χ4n) is 2.12. The van der Waals surface area contributed by atoms with Crippen LogP contribution in [0, 0.1) is 5.92 Å². The van der Waals surface area contributed by atoms with Crippen LogP contribution in [0.2, 0.25) is 0 Å². The van der Waals surface area contributed by atoms with Gasteiger partial charge in [-0.25, -0.2) is 4.79 Å². The second-order valence-electron chi connectivity index (χ2n) is 3.86. The Morgan fingerprint density at radius 3 is 2.77 bits per heavy atom. The van der Waals surface area contributed by atoms with Crippen LogP contribution in [-0.2, 0) is 4.79 Å². The molecule has 0 saturated heterocycles. The zero-order valence-electron chi connectivity index (χ0n) is 7.68. The zero-order chi connectivity index (χ0) is 9.26. The van der Waals surface area contributed by atoms with Crippen LogP contribution in [0.4, 0.5) is 0 Å². The first-order chi connectivity index (χ1) is 6.29. The third-order valence-electron chi connectivity index (χ3n) is 3.12. The molecule has 1 heterocycles. The Labute approximate surface area is 77.8 Å². The van der Waals surface area contributed by atoms with Crippen LogP contribution in [0.25, 0.3) is 0 Å². The number of rotatable bonds is 2. The molecule has 13 heavy (non-hydrogen) atoms. The van der Waals surface area contributed by atoms with Gasteiger partial charge in [0, 0.05) is 6.54 Å². The highest BCUT2D eigenvalue weighted by Gasteiger charge is 2.28. The summed E-state index contributed by atoms with van der Waals surface area (Å²) < 4.78 is 0. The Hall–Kier alpha value is -0.830. The minimum Gasteiger partial charge on any atom is -0.478 e. The van der Waals surface area contributed by atoms with Gasteiger partial charge in [-0.2, -0.15) is 0 Å². The van der Waals surface area contributed by atoms with E-state index in [0.717, 1.165) is 13.0 Å². The largest absolute Gasteiger partial charge is 0.478 e. The Balaban J connectivity index is 2.20. The first-order valence-electron chi connectivity index (χ1n) is 4.95. The third-order valence-corrected chi connectivity index (χ3v) is 3.12. The van der Waals surface area contributed by atoms with E-state index in [1.165, 1.54) is 24.8 Å². The van der Waals surface area contributed by atoms with Gasteiger partial charge in [-0.05, 0) is 31.7 Å². The molecule has 0 atom stereocenters. The molecule has 1 fully saturated rings. The molecule has 72 valence electrons. The van der Waals surface area contributed by atoms with Crippen molar-refractivity contribution in [1.82, 2.24) is 5.32 Å². The molecule has 1 aliphatic carbocycles. The van der Waals surface area contributed by atoms with Gasteiger partial charge in [0.2, 0.25) is 0 Å². The lowest BCUT2D eigenvalue weighted by Gasteiger charge is -2.32. The Kier molecular flexibility index (Phi) is 2.36. The molecule has 0 bridgehead atoms. The van der Waals surface area contributed by atoms with Crippen LogP contribution in [0.3, 0.4) is 0 Å². The van der Waals surface area contributed by atoms with Crippen molar-refractivity contribution in [2.24, 2.45) is 5.92 Å². The molecule has 0 aromatic heterocycles. The van der Waals surface area contributed by atoms with E-state index < -0.39 is 5.97 Å². The zero-order valence-corrected chi connectivity index (χ0v) is 7.68. The van der Waals surface area contributed by atoms with E-state index >= 15 is 0 Å². The summed E-state index contributed by atoms with van der Waals surface area (Å²) in [5.74, 6) is -0.137. The van der Waals surface area contributed by atoms with Gasteiger partial charge in [0.1, 0.15) is 0 Å². The van der Waals surface area contributed by atoms with Crippen molar-refractivity contribution in [1.29, 1.82) is 0 Å². The molecule has 1 aliphatic heterocycles. The van der Waals surface area contributed by atoms with Crippen molar-refractivity contribution in [3.8, 4) is 0 Å². The van der Waals surface area contributed by atoms with Crippen molar-refractivity contribution in [2.75, 3.05) is 13.1 Å². The molecule has 0 radical (unpaired) electrons. The molecule has 0 unspecified atom stereocenters. The predicted molar refractivity (Wildman–Crippen MR) is 49.5 cm³/mol. The van der Waals surface area contributed by atoms with Crippen molar-refractivity contribution < 1.29 is 9.90 Å². The Morgan fingerprint density at radius 1 is 1.46 bits per heavy atom. The molecule has 0 aromatic carbocycles. The molecule has 1 saturated carbocycles. The van der Waals surface area contributed by atoms with E-state index in [1.54, 1.807) is 0 Å². The van der Waals surface area contributed by atoms with Gasteiger partial charge in [0.15, 0.2) is 0 Å². The smallest absolute Gasteiger partial charge is 0.332 e. The first-order valence-corrected chi connectivity index (χ1v) is 4.95. The molecular formula is C10H15NO2.